The first kappa shape index (κ1) is 52.6. The second-order valence-corrected chi connectivity index (χ2v) is 20.4. The predicted molar refractivity (Wildman–Crippen MR) is 259 cm³/mol. The van der Waals surface area contributed by atoms with Crippen molar-refractivity contribution in [3.05, 3.63) is 87.1 Å². The first-order chi connectivity index (χ1) is 31.6. The maximum Gasteiger partial charge on any atom is 0.416 e. The Kier molecular flexibility index (Phi) is 18.5. The highest BCUT2D eigenvalue weighted by Crippen LogP contribution is 2.40. The number of unbranched alkanes of at least 4 members (excludes halogenated alkanes) is 1. The first-order valence-electron chi connectivity index (χ1n) is 22.0. The molecular formula is C47H60BrClN8O9S. The van der Waals surface area contributed by atoms with Gasteiger partial charge in [0.05, 0.1) is 16.6 Å². The van der Waals surface area contributed by atoms with Crippen molar-refractivity contribution in [1.29, 1.82) is 0 Å². The van der Waals surface area contributed by atoms with E-state index in [-0.39, 0.29) is 45.4 Å². The monoisotopic (exact) mass is 1030 g/mol. The van der Waals surface area contributed by atoms with Gasteiger partial charge in [-0.1, -0.05) is 63.6 Å². The van der Waals surface area contributed by atoms with Crippen LogP contribution in [0.1, 0.15) is 90.3 Å². The molecule has 2 aromatic carbocycles. The summed E-state index contributed by atoms with van der Waals surface area (Å²) in [7, 11) is 1.48. The number of carbonyl (C=O) groups is 6. The fourth-order valence-corrected chi connectivity index (χ4v) is 9.30. The third-order valence-electron chi connectivity index (χ3n) is 10.6. The van der Waals surface area contributed by atoms with Gasteiger partial charge in [-0.3, -0.25) is 19.0 Å². The molecule has 3 atom stereocenters. The summed E-state index contributed by atoms with van der Waals surface area (Å²) >= 11 is 11.8. The summed E-state index contributed by atoms with van der Waals surface area (Å²) in [4.78, 5) is 87.9. The quantitative estimate of drug-likeness (QED) is 0.0794. The Morgan fingerprint density at radius 2 is 1.54 bits per heavy atom. The molecule has 5 amide bonds. The third kappa shape index (κ3) is 15.3. The minimum absolute atomic E-state index is 0.0115. The van der Waals surface area contributed by atoms with E-state index in [1.807, 2.05) is 6.07 Å². The molecule has 6 N–H and O–H groups in total. The number of pyridine rings is 1. The van der Waals surface area contributed by atoms with Gasteiger partial charge in [-0.2, -0.15) is 0 Å². The van der Waals surface area contributed by atoms with Crippen molar-refractivity contribution >= 4 is 86.2 Å². The maximum absolute atomic E-state index is 14.9. The molecule has 2 aromatic heterocycles. The number of para-hydroxylation sites is 1. The number of nitrogens with zero attached hydrogens (tertiary/aromatic N) is 3. The normalized spacial score (nSPS) is 17.7. The lowest BCUT2D eigenvalue weighted by atomic mass is 10.0. The molecule has 17 nitrogen and oxygen atoms in total. The average molecular weight is 1030 g/mol. The molecule has 0 bridgehead atoms. The summed E-state index contributed by atoms with van der Waals surface area (Å²) in [5, 5.41) is 26.5. The van der Waals surface area contributed by atoms with Crippen molar-refractivity contribution in [1.82, 2.24) is 41.0 Å². The van der Waals surface area contributed by atoms with Crippen LogP contribution in [0.3, 0.4) is 0 Å². The number of benzene rings is 2. The molecule has 67 heavy (non-hydrogen) atoms. The average Bonchev–Trinajstić information content (AvgIpc) is 3.62. The number of amides is 5. The molecule has 5 rings (SSSR count). The molecule has 0 spiro atoms. The van der Waals surface area contributed by atoms with Crippen LogP contribution in [0.2, 0.25) is 5.02 Å². The Morgan fingerprint density at radius 1 is 0.881 bits per heavy atom. The van der Waals surface area contributed by atoms with E-state index < -0.39 is 65.3 Å². The number of alkyl carbamates (subject to hydrolysis) is 2. The van der Waals surface area contributed by atoms with Crippen LogP contribution in [0.4, 0.5) is 14.4 Å². The van der Waals surface area contributed by atoms with E-state index in [4.69, 9.17) is 21.1 Å². The molecule has 0 saturated heterocycles. The highest BCUT2D eigenvalue weighted by atomic mass is 79.9. The molecule has 4 aromatic rings. The summed E-state index contributed by atoms with van der Waals surface area (Å²) < 4.78 is 12.5. The van der Waals surface area contributed by atoms with Gasteiger partial charge in [0.15, 0.2) is 0 Å². The van der Waals surface area contributed by atoms with E-state index in [0.717, 1.165) is 10.1 Å². The van der Waals surface area contributed by atoms with Crippen LogP contribution in [0.5, 0.6) is 0 Å². The fourth-order valence-electron chi connectivity index (χ4n) is 7.35. The van der Waals surface area contributed by atoms with Crippen LogP contribution in [-0.4, -0.2) is 105 Å². The molecular weight excluding hydrogens is 968 g/mol. The Hall–Kier alpha value is -5.37. The SMILES string of the molecule is CN1C(=O)[C@H](CCCCNC(=O)OC(C)(C)C)NC(=O)[C@H](CCCNC(=O)OC(C)(C)C)NCc2cccnc2Sc2c(Cl)ccc(Br)c2CNC(=O)[C@@H]1Cc1cn(C(=O)O)c2ccccc12. The van der Waals surface area contributed by atoms with Gasteiger partial charge in [0.25, 0.3) is 0 Å². The zero-order chi connectivity index (χ0) is 49.1. The number of rotatable bonds is 11. The summed E-state index contributed by atoms with van der Waals surface area (Å²) in [6, 6.07) is 10.8. The Labute approximate surface area is 408 Å². The Balaban J connectivity index is 1.54. The lowest BCUT2D eigenvalue weighted by molar-refractivity contribution is -0.142. The molecule has 0 fully saturated rings. The molecule has 0 saturated carbocycles. The standard InChI is InChI=1S/C47H60BrClN8O9S/c1-46(2,3)65-43(61)51-21-11-10-16-35-42(60)56(7)37(24-29-27-57(45(63)64)36-18-9-8-15-30(29)36)40(59)54-26-31-32(48)19-20-33(49)38(31)67-41-28(14-12-22-50-41)25-53-34(39(58)55-35)17-13-23-52-44(62)66-47(4,5)6/h8-9,12,14-15,18-20,22,27,34-35,37,53H,10-11,13,16-17,21,23-26H2,1-7H3,(H,51,61)(H,52,62)(H,54,59)(H,55,58)(H,63,64)/t34-,35-,37-/m0/s1. The van der Waals surface area contributed by atoms with E-state index in [1.165, 1.54) is 29.9 Å². The fraction of sp³-hybridized carbons (Fsp3) is 0.468. The maximum atomic E-state index is 14.9. The molecule has 1 aliphatic rings. The Morgan fingerprint density at radius 3 is 2.21 bits per heavy atom. The Bertz CT molecular complexity index is 2440. The predicted octanol–water partition coefficient (Wildman–Crippen LogP) is 7.77. The number of likely N-dealkylation sites (N-methyl/N-ethyl adjacent to an activating group) is 1. The van der Waals surface area contributed by atoms with Gasteiger partial charge in [-0.05, 0) is 109 Å². The number of ether oxygens (including phenoxy) is 2. The number of nitrogens with one attached hydrogen (secondary N) is 5. The van der Waals surface area contributed by atoms with Gasteiger partial charge in [0, 0.05) is 72.4 Å². The first-order valence-corrected chi connectivity index (χ1v) is 24.0. The van der Waals surface area contributed by atoms with Gasteiger partial charge in [-0.25, -0.2) is 19.4 Å². The minimum Gasteiger partial charge on any atom is -0.464 e. The van der Waals surface area contributed by atoms with Gasteiger partial charge in [0.2, 0.25) is 17.7 Å². The number of fused-ring (bicyclic) bond motifs is 3. The van der Waals surface area contributed by atoms with E-state index in [0.29, 0.717) is 60.7 Å². The van der Waals surface area contributed by atoms with Crippen molar-refractivity contribution in [3.63, 3.8) is 0 Å². The van der Waals surface area contributed by atoms with E-state index in [9.17, 15) is 33.9 Å². The molecule has 0 aliphatic carbocycles. The summed E-state index contributed by atoms with van der Waals surface area (Å²) in [6.07, 6.45) is 2.14. The van der Waals surface area contributed by atoms with E-state index in [2.05, 4.69) is 47.5 Å². The van der Waals surface area contributed by atoms with Crippen molar-refractivity contribution in [2.45, 2.75) is 132 Å². The molecule has 20 heteroatoms. The smallest absolute Gasteiger partial charge is 0.416 e. The van der Waals surface area contributed by atoms with Crippen LogP contribution < -0.4 is 26.6 Å². The highest BCUT2D eigenvalue weighted by molar-refractivity contribution is 9.10. The number of aromatic nitrogens is 2. The lowest BCUT2D eigenvalue weighted by Gasteiger charge is -2.32. The van der Waals surface area contributed by atoms with Gasteiger partial charge < -0.3 is 46.1 Å². The van der Waals surface area contributed by atoms with Crippen LogP contribution in [0.25, 0.3) is 10.9 Å². The van der Waals surface area contributed by atoms with Crippen LogP contribution in [-0.2, 0) is 43.4 Å². The zero-order valence-electron chi connectivity index (χ0n) is 38.8. The zero-order valence-corrected chi connectivity index (χ0v) is 42.0. The second kappa shape index (κ2) is 23.6. The third-order valence-corrected chi connectivity index (χ3v) is 13.0. The number of halogens is 2. The second-order valence-electron chi connectivity index (χ2n) is 18.1. The van der Waals surface area contributed by atoms with Gasteiger partial charge >= 0.3 is 18.3 Å². The van der Waals surface area contributed by atoms with Crippen LogP contribution >= 0.6 is 39.3 Å². The lowest BCUT2D eigenvalue weighted by Crippen LogP contribution is -2.57. The minimum atomic E-state index is -1.22. The van der Waals surface area contributed by atoms with Crippen molar-refractivity contribution < 1.29 is 43.3 Å². The number of hydrogen-bond donors (Lipinski definition) is 6. The molecule has 0 radical (unpaired) electrons. The summed E-state index contributed by atoms with van der Waals surface area (Å²) in [5.41, 5.74) is 0.917. The van der Waals surface area contributed by atoms with Gasteiger partial charge in [-0.15, -0.1) is 0 Å². The molecule has 362 valence electrons. The van der Waals surface area contributed by atoms with Gasteiger partial charge in [0.1, 0.15) is 28.3 Å². The van der Waals surface area contributed by atoms with Crippen LogP contribution in [0, 0.1) is 0 Å². The van der Waals surface area contributed by atoms with E-state index >= 15 is 0 Å². The van der Waals surface area contributed by atoms with E-state index in [1.54, 1.807) is 90.2 Å². The van der Waals surface area contributed by atoms with Crippen molar-refractivity contribution in [3.8, 4) is 0 Å². The largest absolute Gasteiger partial charge is 0.464 e. The number of carboxylic acid groups (broad SMARTS) is 1. The number of carbonyl (C=O) groups excluding carboxylic acids is 5. The number of hydrogen-bond acceptors (Lipinski definition) is 11. The molecule has 3 heterocycles. The topological polar surface area (TPSA) is 222 Å². The highest BCUT2D eigenvalue weighted by Gasteiger charge is 2.35. The summed E-state index contributed by atoms with van der Waals surface area (Å²) in [5.74, 6) is -1.61. The van der Waals surface area contributed by atoms with Crippen molar-refractivity contribution in [2.24, 2.45) is 0 Å². The van der Waals surface area contributed by atoms with Crippen LogP contribution in [0.15, 0.2) is 75.3 Å². The molecule has 1 aliphatic heterocycles. The summed E-state index contributed by atoms with van der Waals surface area (Å²) in [6.45, 7) is 11.2. The molecule has 0 unspecified atom stereocenters. The van der Waals surface area contributed by atoms with Crippen molar-refractivity contribution in [2.75, 3.05) is 20.1 Å².